The molecule has 19 heavy (non-hydrogen) atoms. The predicted octanol–water partition coefficient (Wildman–Crippen LogP) is 0.685. The molecule has 0 bridgehead atoms. The summed E-state index contributed by atoms with van der Waals surface area (Å²) in [7, 11) is 0. The molecular weight excluding hydrogens is 248 g/mol. The van der Waals surface area contributed by atoms with Gasteiger partial charge < -0.3 is 15.1 Å². The summed E-state index contributed by atoms with van der Waals surface area (Å²) < 4.78 is 0. The number of aliphatic hydroxyl groups is 1. The van der Waals surface area contributed by atoms with Crippen molar-refractivity contribution in [1.29, 1.82) is 0 Å². The number of β-amino-alcohol motifs (C(OH)–C–C–N with tert-alkyl or cyclic N) is 1. The maximum absolute atomic E-state index is 12.2. The monoisotopic (exact) mass is 264 g/mol. The van der Waals surface area contributed by atoms with Crippen LogP contribution >= 0.6 is 0 Å². The Bertz CT molecular complexity index is 539. The van der Waals surface area contributed by atoms with Crippen LogP contribution in [0.5, 0.6) is 0 Å². The number of rotatable bonds is 2. The lowest BCUT2D eigenvalue weighted by Gasteiger charge is -2.18. The molecule has 0 saturated carbocycles. The first-order valence-corrected chi connectivity index (χ1v) is 6.03. The van der Waals surface area contributed by atoms with Gasteiger partial charge in [-0.3, -0.25) is 4.79 Å². The Morgan fingerprint density at radius 1 is 1.42 bits per heavy atom. The molecule has 102 valence electrons. The third-order valence-corrected chi connectivity index (χ3v) is 3.27. The van der Waals surface area contributed by atoms with Gasteiger partial charge in [0.1, 0.15) is 5.69 Å². The molecule has 0 aliphatic carbocycles. The van der Waals surface area contributed by atoms with E-state index < -0.39 is 11.6 Å². The van der Waals surface area contributed by atoms with Crippen molar-refractivity contribution in [3.05, 3.63) is 29.1 Å². The molecule has 0 spiro atoms. The first-order valence-electron chi connectivity index (χ1n) is 6.03. The Morgan fingerprint density at radius 3 is 2.58 bits per heavy atom. The molecule has 1 aliphatic heterocycles. The number of carboxylic acid groups (broad SMARTS) is 1. The van der Waals surface area contributed by atoms with E-state index in [0.29, 0.717) is 18.7 Å². The normalized spacial score (nSPS) is 22.6. The summed E-state index contributed by atoms with van der Waals surface area (Å²) in [6.45, 7) is 3.99. The van der Waals surface area contributed by atoms with Crippen molar-refractivity contribution in [2.75, 3.05) is 13.1 Å². The van der Waals surface area contributed by atoms with Crippen LogP contribution in [0.4, 0.5) is 0 Å². The second-order valence-corrected chi connectivity index (χ2v) is 5.11. The molecule has 1 aromatic rings. The Hall–Kier alpha value is -1.95. The number of likely N-dealkylation sites (tertiary alicyclic amines) is 1. The fourth-order valence-corrected chi connectivity index (χ4v) is 2.19. The van der Waals surface area contributed by atoms with Crippen molar-refractivity contribution < 1.29 is 19.8 Å². The zero-order valence-corrected chi connectivity index (χ0v) is 10.9. The SMILES string of the molecule is Cc1nc(C(=O)N2CCC(C)(O)C2)ccc1C(=O)O. The number of aromatic nitrogens is 1. The van der Waals surface area contributed by atoms with E-state index in [4.69, 9.17) is 5.11 Å². The molecule has 0 radical (unpaired) electrons. The third-order valence-electron chi connectivity index (χ3n) is 3.27. The number of carboxylic acids is 1. The highest BCUT2D eigenvalue weighted by Gasteiger charge is 2.34. The van der Waals surface area contributed by atoms with Crippen LogP contribution < -0.4 is 0 Å². The van der Waals surface area contributed by atoms with E-state index >= 15 is 0 Å². The zero-order chi connectivity index (χ0) is 14.2. The Labute approximate surface area is 110 Å². The number of aromatic carboxylic acids is 1. The highest BCUT2D eigenvalue weighted by molar-refractivity contribution is 5.94. The molecule has 1 fully saturated rings. The summed E-state index contributed by atoms with van der Waals surface area (Å²) in [5, 5.41) is 18.7. The molecule has 1 amide bonds. The number of pyridine rings is 1. The van der Waals surface area contributed by atoms with Gasteiger partial charge in [0, 0.05) is 13.1 Å². The summed E-state index contributed by atoms with van der Waals surface area (Å²) in [5.41, 5.74) is -0.249. The van der Waals surface area contributed by atoms with Crippen molar-refractivity contribution in [2.24, 2.45) is 0 Å². The molecule has 2 N–H and O–H groups in total. The minimum atomic E-state index is -1.06. The van der Waals surface area contributed by atoms with Gasteiger partial charge in [0.2, 0.25) is 0 Å². The highest BCUT2D eigenvalue weighted by atomic mass is 16.4. The number of carbonyl (C=O) groups excluding carboxylic acids is 1. The van der Waals surface area contributed by atoms with Gasteiger partial charge in [0.05, 0.1) is 16.9 Å². The molecule has 0 aromatic carbocycles. The van der Waals surface area contributed by atoms with Crippen LogP contribution in [0.25, 0.3) is 0 Å². The smallest absolute Gasteiger partial charge is 0.337 e. The van der Waals surface area contributed by atoms with Crippen molar-refractivity contribution >= 4 is 11.9 Å². The van der Waals surface area contributed by atoms with E-state index in [1.807, 2.05) is 0 Å². The number of nitrogens with zero attached hydrogens (tertiary/aromatic N) is 2. The fourth-order valence-electron chi connectivity index (χ4n) is 2.19. The second-order valence-electron chi connectivity index (χ2n) is 5.11. The van der Waals surface area contributed by atoms with Gasteiger partial charge in [0.15, 0.2) is 0 Å². The average molecular weight is 264 g/mol. The molecule has 1 aromatic heterocycles. The topological polar surface area (TPSA) is 90.7 Å². The van der Waals surface area contributed by atoms with Gasteiger partial charge in [-0.15, -0.1) is 0 Å². The molecular formula is C13H16N2O4. The first kappa shape index (κ1) is 13.5. The van der Waals surface area contributed by atoms with Gasteiger partial charge in [-0.25, -0.2) is 9.78 Å². The standard InChI is InChI=1S/C13H16N2O4/c1-8-9(12(17)18)3-4-10(14-8)11(16)15-6-5-13(2,19)7-15/h3-4,19H,5-7H2,1-2H3,(H,17,18). The Morgan fingerprint density at radius 2 is 2.11 bits per heavy atom. The molecule has 1 atom stereocenters. The van der Waals surface area contributed by atoms with E-state index in [2.05, 4.69) is 4.98 Å². The third kappa shape index (κ3) is 2.73. The molecule has 1 saturated heterocycles. The lowest BCUT2D eigenvalue weighted by Crippen LogP contribution is -2.34. The van der Waals surface area contributed by atoms with Crippen molar-refractivity contribution in [3.8, 4) is 0 Å². The minimum Gasteiger partial charge on any atom is -0.478 e. The lowest BCUT2D eigenvalue weighted by molar-refractivity contribution is 0.0568. The van der Waals surface area contributed by atoms with Gasteiger partial charge in [-0.1, -0.05) is 0 Å². The van der Waals surface area contributed by atoms with Crippen LogP contribution in [0.15, 0.2) is 12.1 Å². The lowest BCUT2D eigenvalue weighted by atomic mass is 10.1. The van der Waals surface area contributed by atoms with Crippen molar-refractivity contribution in [2.45, 2.75) is 25.9 Å². The quantitative estimate of drug-likeness (QED) is 0.820. The fraction of sp³-hybridized carbons (Fsp3) is 0.462. The van der Waals surface area contributed by atoms with Gasteiger partial charge in [-0.05, 0) is 32.4 Å². The van der Waals surface area contributed by atoms with Crippen LogP contribution in [0.2, 0.25) is 0 Å². The van der Waals surface area contributed by atoms with E-state index in [1.54, 1.807) is 13.8 Å². The summed E-state index contributed by atoms with van der Waals surface area (Å²) in [4.78, 5) is 28.6. The summed E-state index contributed by atoms with van der Waals surface area (Å²) >= 11 is 0. The van der Waals surface area contributed by atoms with Crippen molar-refractivity contribution in [1.82, 2.24) is 9.88 Å². The summed E-state index contributed by atoms with van der Waals surface area (Å²) in [6.07, 6.45) is 0.533. The zero-order valence-electron chi connectivity index (χ0n) is 10.9. The van der Waals surface area contributed by atoms with E-state index in [-0.39, 0.29) is 23.7 Å². The molecule has 1 unspecified atom stereocenters. The van der Waals surface area contributed by atoms with Crippen LogP contribution in [-0.4, -0.2) is 50.7 Å². The molecule has 6 nitrogen and oxygen atoms in total. The van der Waals surface area contributed by atoms with Gasteiger partial charge in [-0.2, -0.15) is 0 Å². The van der Waals surface area contributed by atoms with Crippen LogP contribution in [0, 0.1) is 6.92 Å². The van der Waals surface area contributed by atoms with E-state index in [1.165, 1.54) is 17.0 Å². The van der Waals surface area contributed by atoms with Crippen LogP contribution in [0.3, 0.4) is 0 Å². The highest BCUT2D eigenvalue weighted by Crippen LogP contribution is 2.22. The summed E-state index contributed by atoms with van der Waals surface area (Å²) in [6, 6.07) is 2.79. The average Bonchev–Trinajstić information content (AvgIpc) is 2.68. The Balaban J connectivity index is 2.21. The first-order chi connectivity index (χ1) is 8.80. The maximum atomic E-state index is 12.2. The van der Waals surface area contributed by atoms with Crippen molar-refractivity contribution in [3.63, 3.8) is 0 Å². The number of aryl methyl sites for hydroxylation is 1. The number of amides is 1. The van der Waals surface area contributed by atoms with E-state index in [9.17, 15) is 14.7 Å². The largest absolute Gasteiger partial charge is 0.478 e. The second kappa shape index (κ2) is 4.62. The van der Waals surface area contributed by atoms with Crippen LogP contribution in [-0.2, 0) is 0 Å². The molecule has 2 rings (SSSR count). The number of hydrogen-bond acceptors (Lipinski definition) is 4. The molecule has 1 aliphatic rings. The minimum absolute atomic E-state index is 0.0879. The number of hydrogen-bond donors (Lipinski definition) is 2. The van der Waals surface area contributed by atoms with Gasteiger partial charge in [0.25, 0.3) is 5.91 Å². The summed E-state index contributed by atoms with van der Waals surface area (Å²) in [5.74, 6) is -1.34. The number of carbonyl (C=O) groups is 2. The van der Waals surface area contributed by atoms with E-state index in [0.717, 1.165) is 0 Å². The van der Waals surface area contributed by atoms with Gasteiger partial charge >= 0.3 is 5.97 Å². The van der Waals surface area contributed by atoms with Crippen LogP contribution in [0.1, 0.15) is 39.9 Å². The maximum Gasteiger partial charge on any atom is 0.337 e. The predicted molar refractivity (Wildman–Crippen MR) is 67.1 cm³/mol. The molecule has 2 heterocycles. The Kier molecular flexibility index (Phi) is 3.28. The molecule has 6 heteroatoms.